The van der Waals surface area contributed by atoms with Crippen molar-refractivity contribution in [2.24, 2.45) is 101 Å². The first-order valence-corrected chi connectivity index (χ1v) is 54.2. The summed E-state index contributed by atoms with van der Waals surface area (Å²) in [7, 11) is -2.74. The highest BCUT2D eigenvalue weighted by Crippen LogP contribution is 2.92. The molecule has 0 aromatic heterocycles. The molecule has 4 spiro atoms. The van der Waals surface area contributed by atoms with Gasteiger partial charge >= 0.3 is 11.9 Å². The molecule has 4 saturated heterocycles. The molecule has 0 aromatic rings. The Morgan fingerprint density at radius 2 is 0.894 bits per heavy atom. The Hall–Kier alpha value is -1.05. The van der Waals surface area contributed by atoms with Gasteiger partial charge in [-0.1, -0.05) is 138 Å². The van der Waals surface area contributed by atoms with Crippen molar-refractivity contribution in [1.29, 1.82) is 0 Å². The monoisotopic (exact) mass is 1660 g/mol. The number of carbonyl (C=O) groups is 2. The molecule has 20 heteroatoms. The number of ether oxygens (including phenoxy) is 8. The van der Waals surface area contributed by atoms with E-state index in [-0.39, 0.29) is 106 Å². The number of aliphatic hydroxyl groups is 1. The second-order valence-electron chi connectivity index (χ2n) is 42.5. The second kappa shape index (κ2) is 34.2. The van der Waals surface area contributed by atoms with E-state index in [1.165, 1.54) is 123 Å². The van der Waals surface area contributed by atoms with Crippen molar-refractivity contribution < 1.29 is 69.9 Å². The molecule has 4 heterocycles. The zero-order valence-electron chi connectivity index (χ0n) is 76.0. The SMILES string of the molecule is C=C(C)[C@@H](OC(C)=O)[C@H]1C[C@@H](C)[C@H]2[C@H](O1)[C@H](O[Si](CC)(CC)CC)[C@@]1(C)[C@@H]3CC[C@H]4C(C)(C)C(O[C@H]5CCCCO5)CCC45C[C@@]35CC[C@]21C.CCN(CC)CC.CC[Si](CC)(CC)O[C@H]1[C@H]2O[C@@H]([C@H](OC(C)=O)C(C)(C)O)C[C@@H](C)[C@@H]2[C@@]2(C)CC[C@@]34CC35CCC(O[C@H]3CCCCO3)C(C)(C)[C@@H]5CC[C@H]4[C@]12C.CS(=O)(=O)Cl. The van der Waals surface area contributed by atoms with Crippen LogP contribution >= 0.6 is 10.7 Å². The van der Waals surface area contributed by atoms with Crippen molar-refractivity contribution in [3.8, 4) is 0 Å². The minimum Gasteiger partial charge on any atom is -0.457 e. The van der Waals surface area contributed by atoms with Crippen molar-refractivity contribution in [3.63, 3.8) is 0 Å². The lowest BCUT2D eigenvalue weighted by Gasteiger charge is -2.64. The maximum atomic E-state index is 12.4. The van der Waals surface area contributed by atoms with E-state index in [1.54, 1.807) is 13.8 Å². The number of hydrogen-bond donors (Lipinski definition) is 1. The predicted octanol–water partition coefficient (Wildman–Crippen LogP) is 21.2. The highest BCUT2D eigenvalue weighted by Gasteiger charge is 2.87. The van der Waals surface area contributed by atoms with Gasteiger partial charge in [0.2, 0.25) is 9.05 Å². The highest BCUT2D eigenvalue weighted by atomic mass is 35.7. The van der Waals surface area contributed by atoms with Crippen LogP contribution in [0.1, 0.15) is 307 Å². The van der Waals surface area contributed by atoms with E-state index in [4.69, 9.17) is 46.7 Å². The van der Waals surface area contributed by atoms with Crippen LogP contribution in [0.5, 0.6) is 0 Å². The normalized spacial score (nSPS) is 44.1. The standard InChI is InChI=1S/C43H74O7Si.C43H72O6Si.C6H15N.CH3ClO2S/c1-12-51(13-2,14-3)50-37-35-34(27(4)25-29(48-35)36(39(8,9)45)47-28(5)44)40(10)22-23-43-26-42(43)21-20-32(49-33-17-15-16-24-46-33)38(6,7)30(42)18-19-31(43)41(37,40)11;1-12-50(13-2,14-3)49-38-37-35(28(6)25-30(47-37)36(27(4)5)46-29(7)44)40(10)22-23-43-26-42(43)21-20-33(48-34-17-15-16-24-45-34)39(8,9)31(42)18-19-32(43)41(38,40)11;1-4-7(5-2)6-3;1-5(2,3)4/h27,29-37,45H,12-26H2,1-11H3;28,30-38H,4,12-26H2,1-3,5-11H3;4-6H2,1-3H3;1H3/t27-,29-,30+,31+,32?,33+,34+,35+,36+,37+,40-,41-,42?,43+;28-,30-,31+,32+,33?,34+,35+,36-,37+,38+,40-,41-,42?,43+;;/m11../s1. The molecule has 0 bridgehead atoms. The summed E-state index contributed by atoms with van der Waals surface area (Å²) >= 11 is 0. The minimum atomic E-state index is -3.19. The Labute approximate surface area is 694 Å². The highest BCUT2D eigenvalue weighted by molar-refractivity contribution is 8.13. The maximum Gasteiger partial charge on any atom is 0.303 e. The molecule has 14 fully saturated rings. The summed E-state index contributed by atoms with van der Waals surface area (Å²) in [6, 6.07) is 6.77. The number of rotatable bonds is 23. The van der Waals surface area contributed by atoms with E-state index in [1.807, 2.05) is 6.92 Å². The molecule has 113 heavy (non-hydrogen) atoms. The van der Waals surface area contributed by atoms with Gasteiger partial charge in [0.05, 0.1) is 60.7 Å². The molecule has 1 N–H and O–H groups in total. The average molecular weight is 1660 g/mol. The van der Waals surface area contributed by atoms with Crippen LogP contribution in [0.3, 0.4) is 0 Å². The number of nitrogens with zero attached hydrogens (tertiary/aromatic N) is 1. The second-order valence-corrected chi connectivity index (χ2v) is 55.0. The summed E-state index contributed by atoms with van der Waals surface area (Å²) in [5.41, 5.74) is 1.66. The molecule has 4 aliphatic heterocycles. The quantitative estimate of drug-likeness (QED) is 0.0335. The third-order valence-electron chi connectivity index (χ3n) is 36.8. The van der Waals surface area contributed by atoms with Crippen LogP contribution in [-0.2, 0) is 65.4 Å². The number of halogens is 1. The van der Waals surface area contributed by atoms with E-state index in [0.717, 1.165) is 113 Å². The topological polar surface area (TPSA) is 184 Å². The first-order chi connectivity index (χ1) is 52.8. The smallest absolute Gasteiger partial charge is 0.303 e. The molecule has 4 unspecified atom stereocenters. The minimum absolute atomic E-state index is 0.00319. The van der Waals surface area contributed by atoms with Crippen LogP contribution in [0.4, 0.5) is 0 Å². The molecule has 0 aromatic carbocycles. The van der Waals surface area contributed by atoms with E-state index in [9.17, 15) is 23.1 Å². The fraction of sp³-hybridized carbons (Fsp3) is 0.957. The molecular formula is C93H164ClNO15SSi2. The van der Waals surface area contributed by atoms with Gasteiger partial charge in [0, 0.05) is 48.6 Å². The fourth-order valence-electron chi connectivity index (χ4n) is 30.6. The van der Waals surface area contributed by atoms with Crippen LogP contribution in [0.15, 0.2) is 12.2 Å². The Bertz CT molecular complexity index is 3360. The average Bonchev–Trinajstić information content (AvgIpc) is 1.46. The van der Waals surface area contributed by atoms with Gasteiger partial charge in [0.25, 0.3) is 0 Å². The summed E-state index contributed by atoms with van der Waals surface area (Å²) in [5, 5.41) is 11.3. The van der Waals surface area contributed by atoms with Crippen molar-refractivity contribution in [1.82, 2.24) is 4.90 Å². The molecule has 16 nitrogen and oxygen atoms in total. The van der Waals surface area contributed by atoms with Gasteiger partial charge in [-0.3, -0.25) is 9.59 Å². The van der Waals surface area contributed by atoms with Gasteiger partial charge in [0.15, 0.2) is 35.3 Å². The van der Waals surface area contributed by atoms with Crippen LogP contribution in [0.25, 0.3) is 0 Å². The van der Waals surface area contributed by atoms with Crippen molar-refractivity contribution >= 4 is 48.3 Å². The molecule has 28 atom stereocenters. The third-order valence-corrected chi connectivity index (χ3v) is 46.0. The van der Waals surface area contributed by atoms with Crippen LogP contribution < -0.4 is 0 Å². The van der Waals surface area contributed by atoms with Gasteiger partial charge in [-0.2, -0.15) is 0 Å². The molecule has 0 radical (unpaired) electrons. The molecule has 10 saturated carbocycles. The Balaban J connectivity index is 0.000000195. The summed E-state index contributed by atoms with van der Waals surface area (Å²) in [6.07, 6.45) is 26.1. The molecule has 652 valence electrons. The van der Waals surface area contributed by atoms with Gasteiger partial charge < -0.3 is 56.8 Å². The Kier molecular flexibility index (Phi) is 28.1. The van der Waals surface area contributed by atoms with E-state index in [0.29, 0.717) is 69.0 Å². The molecule has 14 rings (SSSR count). The summed E-state index contributed by atoms with van der Waals surface area (Å²) in [6.45, 7) is 64.4. The zero-order valence-corrected chi connectivity index (χ0v) is 79.6. The largest absolute Gasteiger partial charge is 0.457 e. The summed E-state index contributed by atoms with van der Waals surface area (Å²) < 4.78 is 87.2. The molecule has 0 amide bonds. The number of hydrogen-bond acceptors (Lipinski definition) is 16. The fourth-order valence-corrected chi connectivity index (χ4v) is 36.4. The van der Waals surface area contributed by atoms with E-state index < -0.39 is 43.5 Å². The Morgan fingerprint density at radius 1 is 0.540 bits per heavy atom. The Morgan fingerprint density at radius 3 is 1.21 bits per heavy atom. The summed E-state index contributed by atoms with van der Waals surface area (Å²) in [4.78, 5) is 27.1. The van der Waals surface area contributed by atoms with Crippen LogP contribution in [0.2, 0.25) is 36.3 Å². The lowest BCUT2D eigenvalue weighted by atomic mass is 9.41. The van der Waals surface area contributed by atoms with Gasteiger partial charge in [-0.15, -0.1) is 0 Å². The van der Waals surface area contributed by atoms with Gasteiger partial charge in [-0.25, -0.2) is 8.42 Å². The number of esters is 2. The number of fused-ring (bicyclic) bond motifs is 8. The van der Waals surface area contributed by atoms with Gasteiger partial charge in [0.1, 0.15) is 6.10 Å². The lowest BCUT2D eigenvalue weighted by Crippen LogP contribution is -2.61. The van der Waals surface area contributed by atoms with Crippen molar-refractivity contribution in [2.75, 3.05) is 39.1 Å². The summed E-state index contributed by atoms with van der Waals surface area (Å²) in [5.74, 6) is 3.56. The van der Waals surface area contributed by atoms with Crippen molar-refractivity contribution in [3.05, 3.63) is 12.2 Å². The third kappa shape index (κ3) is 16.0. The molecule has 10 aliphatic carbocycles. The maximum absolute atomic E-state index is 12.4. The predicted molar refractivity (Wildman–Crippen MR) is 458 cm³/mol. The molecule has 14 aliphatic rings. The molecular weight excluding hydrogens is 1490 g/mol. The van der Waals surface area contributed by atoms with Gasteiger partial charge in [-0.05, 0) is 314 Å². The zero-order chi connectivity index (χ0) is 83.3. The first-order valence-electron chi connectivity index (χ1n) is 46.4. The lowest BCUT2D eigenvalue weighted by molar-refractivity contribution is -0.242. The van der Waals surface area contributed by atoms with E-state index >= 15 is 0 Å². The van der Waals surface area contributed by atoms with Crippen LogP contribution in [-0.4, -0.2) is 165 Å². The van der Waals surface area contributed by atoms with Crippen molar-refractivity contribution in [2.45, 2.75) is 423 Å². The van der Waals surface area contributed by atoms with Crippen LogP contribution in [0, 0.1) is 101 Å². The van der Waals surface area contributed by atoms with E-state index in [2.05, 4.69) is 154 Å². The number of carbonyl (C=O) groups excluding carboxylic acids is 2. The first kappa shape index (κ1) is 92.7.